The number of carboxylic acids is 1. The Labute approximate surface area is 70.0 Å². The quantitative estimate of drug-likeness (QED) is 0.622. The number of carboxylic acid groups (broad SMARTS) is 1. The van der Waals surface area contributed by atoms with E-state index in [4.69, 9.17) is 5.11 Å². The molecule has 1 aliphatic heterocycles. The molecule has 0 saturated carbocycles. The molecule has 0 bridgehead atoms. The molecule has 0 aromatic rings. The average Bonchev–Trinajstić information content (AvgIpc) is 1.94. The lowest BCUT2D eigenvalue weighted by molar-refractivity contribution is -0.141. The highest BCUT2D eigenvalue weighted by Gasteiger charge is 2.27. The van der Waals surface area contributed by atoms with Gasteiger partial charge in [-0.2, -0.15) is 0 Å². The maximum atomic E-state index is 10.7. The van der Waals surface area contributed by atoms with Crippen molar-refractivity contribution in [2.24, 2.45) is 9.98 Å². The Bertz CT molecular complexity index is 271. The molecular weight excluding hydrogens is 216 g/mol. The fraction of sp³-hybridized carbons (Fsp3) is 0.200. The van der Waals surface area contributed by atoms with Gasteiger partial charge in [0.05, 0.1) is 6.21 Å². The van der Waals surface area contributed by atoms with Crippen LogP contribution in [0.3, 0.4) is 0 Å². The second-order valence-corrected chi connectivity index (χ2v) is 2.60. The van der Waals surface area contributed by atoms with Gasteiger partial charge < -0.3 is 5.11 Å². The number of carbonyl (C=O) groups is 2. The minimum absolute atomic E-state index is 0.268. The molecule has 11 heavy (non-hydrogen) atoms. The molecule has 58 valence electrons. The highest BCUT2D eigenvalue weighted by Crippen LogP contribution is 2.03. The van der Waals surface area contributed by atoms with E-state index in [1.807, 2.05) is 0 Å². The number of halogens is 1. The number of aliphatic carboxylic acids is 1. The van der Waals surface area contributed by atoms with Crippen molar-refractivity contribution in [1.82, 2.24) is 0 Å². The summed E-state index contributed by atoms with van der Waals surface area (Å²) in [4.78, 5) is 27.8. The largest absolute Gasteiger partial charge is 0.479 e. The lowest BCUT2D eigenvalue weighted by Crippen LogP contribution is -2.30. The molecular formula is C5H3BrN2O3. The van der Waals surface area contributed by atoms with E-state index < -0.39 is 17.9 Å². The molecule has 1 aliphatic rings. The standard InChI is InChI=1S/C5H3BrN2O3/c6-2-1-7-4(9)3(8-2)5(10)11/h1,3H,(H,10,11). The minimum Gasteiger partial charge on any atom is -0.479 e. The van der Waals surface area contributed by atoms with Gasteiger partial charge in [-0.3, -0.25) is 9.79 Å². The number of hydrogen-bond donors (Lipinski definition) is 1. The van der Waals surface area contributed by atoms with Crippen LogP contribution >= 0.6 is 15.9 Å². The second-order valence-electron chi connectivity index (χ2n) is 1.79. The summed E-state index contributed by atoms with van der Waals surface area (Å²) in [6, 6.07) is -1.38. The summed E-state index contributed by atoms with van der Waals surface area (Å²) in [6.07, 6.45) is 1.17. The zero-order valence-corrected chi connectivity index (χ0v) is 6.78. The monoisotopic (exact) mass is 218 g/mol. The summed E-state index contributed by atoms with van der Waals surface area (Å²) in [7, 11) is 0. The van der Waals surface area contributed by atoms with E-state index in [-0.39, 0.29) is 4.62 Å². The average molecular weight is 219 g/mol. The van der Waals surface area contributed by atoms with Crippen LogP contribution in [0.4, 0.5) is 0 Å². The molecule has 0 radical (unpaired) electrons. The van der Waals surface area contributed by atoms with Crippen molar-refractivity contribution in [2.75, 3.05) is 0 Å². The summed E-state index contributed by atoms with van der Waals surface area (Å²) >= 11 is 2.91. The van der Waals surface area contributed by atoms with Crippen LogP contribution in [-0.4, -0.2) is 33.9 Å². The highest BCUT2D eigenvalue weighted by molar-refractivity contribution is 9.19. The van der Waals surface area contributed by atoms with E-state index in [0.29, 0.717) is 0 Å². The van der Waals surface area contributed by atoms with Crippen LogP contribution in [-0.2, 0) is 9.59 Å². The van der Waals surface area contributed by atoms with Gasteiger partial charge in [0.1, 0.15) is 4.62 Å². The summed E-state index contributed by atoms with van der Waals surface area (Å²) in [5.41, 5.74) is 0. The lowest BCUT2D eigenvalue weighted by atomic mass is 10.3. The molecule has 0 aromatic carbocycles. The Morgan fingerprint density at radius 1 is 1.73 bits per heavy atom. The molecule has 1 unspecified atom stereocenters. The molecule has 0 saturated heterocycles. The van der Waals surface area contributed by atoms with E-state index in [9.17, 15) is 9.59 Å². The molecule has 1 heterocycles. The number of rotatable bonds is 1. The number of amides is 1. The van der Waals surface area contributed by atoms with Crippen molar-refractivity contribution in [3.05, 3.63) is 0 Å². The minimum atomic E-state index is -1.38. The molecule has 6 heteroatoms. The van der Waals surface area contributed by atoms with Crippen LogP contribution in [0.2, 0.25) is 0 Å². The van der Waals surface area contributed by atoms with E-state index in [1.54, 1.807) is 0 Å². The van der Waals surface area contributed by atoms with Crippen LogP contribution in [0.5, 0.6) is 0 Å². The van der Waals surface area contributed by atoms with Gasteiger partial charge in [-0.05, 0) is 15.9 Å². The molecule has 1 amide bonds. The van der Waals surface area contributed by atoms with Crippen LogP contribution < -0.4 is 0 Å². The Morgan fingerprint density at radius 2 is 2.36 bits per heavy atom. The third-order valence-corrected chi connectivity index (χ3v) is 1.43. The normalized spacial score (nSPS) is 23.2. The van der Waals surface area contributed by atoms with Crippen molar-refractivity contribution >= 4 is 38.6 Å². The number of aliphatic imine (C=N–C) groups is 2. The molecule has 0 fully saturated rings. The Morgan fingerprint density at radius 3 is 2.82 bits per heavy atom. The van der Waals surface area contributed by atoms with Crippen LogP contribution in [0.1, 0.15) is 0 Å². The molecule has 0 aliphatic carbocycles. The maximum absolute atomic E-state index is 10.7. The van der Waals surface area contributed by atoms with Crippen molar-refractivity contribution in [3.8, 4) is 0 Å². The third kappa shape index (κ3) is 1.70. The maximum Gasteiger partial charge on any atom is 0.338 e. The lowest BCUT2D eigenvalue weighted by Gasteiger charge is -2.05. The Kier molecular flexibility index (Phi) is 2.13. The topological polar surface area (TPSA) is 79.1 Å². The van der Waals surface area contributed by atoms with E-state index in [1.165, 1.54) is 6.21 Å². The molecule has 5 nitrogen and oxygen atoms in total. The summed E-state index contributed by atoms with van der Waals surface area (Å²) in [5, 5.41) is 8.40. The Hall–Kier alpha value is -1.04. The van der Waals surface area contributed by atoms with Gasteiger partial charge in [-0.15, -0.1) is 0 Å². The first-order chi connectivity index (χ1) is 5.11. The first-order valence-corrected chi connectivity index (χ1v) is 3.44. The predicted octanol–water partition coefficient (Wildman–Crippen LogP) is -0.156. The highest BCUT2D eigenvalue weighted by atomic mass is 79.9. The van der Waals surface area contributed by atoms with Crippen molar-refractivity contribution in [3.63, 3.8) is 0 Å². The van der Waals surface area contributed by atoms with Gasteiger partial charge in [0.15, 0.2) is 0 Å². The number of nitrogens with zero attached hydrogens (tertiary/aromatic N) is 2. The zero-order chi connectivity index (χ0) is 8.43. The van der Waals surface area contributed by atoms with Crippen molar-refractivity contribution < 1.29 is 14.7 Å². The SMILES string of the molecule is O=C(O)C1N=C(Br)C=NC1=O. The molecule has 0 aromatic heterocycles. The van der Waals surface area contributed by atoms with Crippen molar-refractivity contribution in [1.29, 1.82) is 0 Å². The van der Waals surface area contributed by atoms with Gasteiger partial charge in [-0.25, -0.2) is 9.79 Å². The fourth-order valence-corrected chi connectivity index (χ4v) is 0.867. The molecule has 0 spiro atoms. The smallest absolute Gasteiger partial charge is 0.338 e. The van der Waals surface area contributed by atoms with Crippen LogP contribution in [0.15, 0.2) is 9.98 Å². The fourth-order valence-electron chi connectivity index (χ4n) is 0.560. The third-order valence-electron chi connectivity index (χ3n) is 1.02. The number of hydrogen-bond acceptors (Lipinski definition) is 3. The van der Waals surface area contributed by atoms with E-state index >= 15 is 0 Å². The summed E-state index contributed by atoms with van der Waals surface area (Å²) < 4.78 is 0.268. The van der Waals surface area contributed by atoms with Crippen molar-refractivity contribution in [2.45, 2.75) is 6.04 Å². The first kappa shape index (κ1) is 8.06. The van der Waals surface area contributed by atoms with Gasteiger partial charge >= 0.3 is 5.97 Å². The van der Waals surface area contributed by atoms with Gasteiger partial charge in [0.2, 0.25) is 6.04 Å². The van der Waals surface area contributed by atoms with Crippen LogP contribution in [0, 0.1) is 0 Å². The van der Waals surface area contributed by atoms with Gasteiger partial charge in [0.25, 0.3) is 5.91 Å². The van der Waals surface area contributed by atoms with Gasteiger partial charge in [-0.1, -0.05) is 0 Å². The first-order valence-electron chi connectivity index (χ1n) is 2.65. The molecule has 1 atom stereocenters. The summed E-state index contributed by atoms with van der Waals surface area (Å²) in [5.74, 6) is -2.04. The van der Waals surface area contributed by atoms with Gasteiger partial charge in [0, 0.05) is 0 Å². The number of carbonyl (C=O) groups excluding carboxylic acids is 1. The molecule has 1 N–H and O–H groups in total. The van der Waals surface area contributed by atoms with Crippen LogP contribution in [0.25, 0.3) is 0 Å². The predicted molar refractivity (Wildman–Crippen MR) is 41.3 cm³/mol. The summed E-state index contributed by atoms with van der Waals surface area (Å²) in [6.45, 7) is 0. The zero-order valence-electron chi connectivity index (χ0n) is 5.19. The second kappa shape index (κ2) is 2.91. The molecule has 1 rings (SSSR count). The van der Waals surface area contributed by atoms with E-state index in [2.05, 4.69) is 25.9 Å². The van der Waals surface area contributed by atoms with E-state index in [0.717, 1.165) is 0 Å². The Balaban J connectivity index is 2.90.